The second-order valence-electron chi connectivity index (χ2n) is 32.1. The van der Waals surface area contributed by atoms with Crippen LogP contribution >= 0.6 is 0 Å². The number of hydrogen-bond acceptors (Lipinski definition) is 24. The first-order chi connectivity index (χ1) is 56.8. The fourth-order valence-corrected chi connectivity index (χ4v) is 16.5. The highest BCUT2D eigenvalue weighted by Crippen LogP contribution is 2.35. The molecule has 4 aromatic carbocycles. The highest BCUT2D eigenvalue weighted by molar-refractivity contribution is 5.85. The summed E-state index contributed by atoms with van der Waals surface area (Å²) < 4.78 is 14.2. The van der Waals surface area contributed by atoms with E-state index in [-0.39, 0.29) is 46.0 Å². The van der Waals surface area contributed by atoms with Gasteiger partial charge in [-0.1, -0.05) is 135 Å². The number of nitrogens with one attached hydrogen (secondary N) is 4. The molecule has 16 aromatic rings. The van der Waals surface area contributed by atoms with Crippen LogP contribution in [0.25, 0.3) is 88.8 Å². The van der Waals surface area contributed by atoms with Gasteiger partial charge in [-0.3, -0.25) is 18.3 Å². The maximum atomic E-state index is 12.4. The van der Waals surface area contributed by atoms with Gasteiger partial charge in [-0.25, -0.2) is 77.8 Å². The highest BCUT2D eigenvalue weighted by atomic mass is 16.2. The number of benzene rings is 4. The third-order valence-electron chi connectivity index (χ3n) is 23.8. The lowest BCUT2D eigenvalue weighted by Crippen LogP contribution is -2.17. The molecule has 117 heavy (non-hydrogen) atoms. The molecule has 20 rings (SSSR count). The Morgan fingerprint density at radius 1 is 0.316 bits per heavy atom. The van der Waals surface area contributed by atoms with Gasteiger partial charge >= 0.3 is 22.8 Å². The van der Waals surface area contributed by atoms with Crippen molar-refractivity contribution < 1.29 is 0 Å². The molecule has 0 radical (unpaired) electrons. The Morgan fingerprint density at radius 3 is 0.778 bits per heavy atom. The van der Waals surface area contributed by atoms with Crippen LogP contribution in [0, 0.1) is 51.4 Å². The third-order valence-corrected chi connectivity index (χ3v) is 23.8. The fourth-order valence-electron chi connectivity index (χ4n) is 16.5. The van der Waals surface area contributed by atoms with E-state index in [1.54, 1.807) is 46.0 Å². The molecule has 0 unspecified atom stereocenters. The van der Waals surface area contributed by atoms with Crippen LogP contribution in [0.2, 0.25) is 0 Å². The summed E-state index contributed by atoms with van der Waals surface area (Å²) in [5.74, 6) is 6.93. The van der Waals surface area contributed by atoms with Gasteiger partial charge in [0, 0.05) is 26.2 Å². The number of aryl methyl sites for hydroxylation is 8. The Labute approximate surface area is 668 Å². The van der Waals surface area contributed by atoms with Crippen molar-refractivity contribution in [3.05, 3.63) is 160 Å². The molecule has 36 heteroatoms. The van der Waals surface area contributed by atoms with E-state index in [1.807, 2.05) is 91.5 Å². The van der Waals surface area contributed by atoms with E-state index in [4.69, 9.17) is 22.9 Å². The molecular formula is C81H98N32O4. The van der Waals surface area contributed by atoms with Crippen LogP contribution in [0.15, 0.2) is 92.0 Å². The van der Waals surface area contributed by atoms with E-state index >= 15 is 0 Å². The van der Waals surface area contributed by atoms with Crippen molar-refractivity contribution in [2.24, 2.45) is 23.7 Å². The molecule has 12 aromatic heterocycles. The quantitative estimate of drug-likeness (QED) is 0.0247. The average molecular weight is 1580 g/mol. The summed E-state index contributed by atoms with van der Waals surface area (Å²) in [7, 11) is 0. The van der Waals surface area contributed by atoms with Crippen LogP contribution in [-0.2, 0) is 52.4 Å². The lowest BCUT2D eigenvalue weighted by Gasteiger charge is -2.24. The van der Waals surface area contributed by atoms with Crippen LogP contribution < -0.4 is 45.7 Å². The predicted octanol–water partition coefficient (Wildman–Crippen LogP) is 9.92. The zero-order valence-electron chi connectivity index (χ0n) is 66.4. The summed E-state index contributed by atoms with van der Waals surface area (Å²) in [4.78, 5) is 94.8. The van der Waals surface area contributed by atoms with E-state index < -0.39 is 0 Å². The Hall–Kier alpha value is -12.9. The lowest BCUT2D eigenvalue weighted by atomic mass is 9.82. The Morgan fingerprint density at radius 2 is 0.547 bits per heavy atom. The molecule has 4 aliphatic rings. The smallest absolute Gasteiger partial charge is 0.328 e. The van der Waals surface area contributed by atoms with Gasteiger partial charge in [-0.15, -0.1) is 20.4 Å². The van der Waals surface area contributed by atoms with Crippen LogP contribution in [0.4, 0.5) is 23.3 Å². The van der Waals surface area contributed by atoms with Crippen molar-refractivity contribution in [1.29, 1.82) is 0 Å². The van der Waals surface area contributed by atoms with Gasteiger partial charge < -0.3 is 42.9 Å². The largest absolute Gasteiger partial charge is 0.382 e. The third kappa shape index (κ3) is 16.6. The lowest BCUT2D eigenvalue weighted by molar-refractivity contribution is 0.283. The number of aromatic amines is 4. The van der Waals surface area contributed by atoms with Crippen LogP contribution in [0.3, 0.4) is 0 Å². The van der Waals surface area contributed by atoms with Crippen molar-refractivity contribution in [1.82, 2.24) is 138 Å². The number of imidazole rings is 4. The van der Waals surface area contributed by atoms with Crippen LogP contribution in [0.1, 0.15) is 180 Å². The standard InChI is InChI=1S/C21H26N8O.3C20H24N8O/c1-13-23-19(22)18-20(24-13)28(21(30)25-18)12-15-8-9-17-16(11-15)26-27-29(17)10-3-2-5-14-6-4-7-14;3*1-12-22-18(21)17-19(23-12)27(20(29)24-17)11-14-7-8-16-15(10-14)25-26-28(16)9-3-6-13-4-2-5-13/h8-9,11,14H,2-7,10,12H2,1H3,(H,25,30)(H2,22,23,24);3*7-8,10,13H,2-6,9,11H2,1H3,(H,24,29)(H2,21,22,23). The number of aromatic nitrogens is 28. The van der Waals surface area contributed by atoms with E-state index in [2.05, 4.69) is 101 Å². The number of H-pyrrole nitrogens is 4. The first-order valence-corrected chi connectivity index (χ1v) is 41.0. The second kappa shape index (κ2) is 33.1. The molecule has 4 aliphatic carbocycles. The van der Waals surface area contributed by atoms with Crippen molar-refractivity contribution in [3.63, 3.8) is 0 Å². The zero-order chi connectivity index (χ0) is 80.5. The van der Waals surface area contributed by atoms with Gasteiger partial charge in [0.2, 0.25) is 0 Å². The minimum Gasteiger partial charge on any atom is -0.382 e. The Balaban J connectivity index is 0.000000112. The van der Waals surface area contributed by atoms with Crippen molar-refractivity contribution in [2.45, 2.75) is 215 Å². The van der Waals surface area contributed by atoms with Crippen molar-refractivity contribution in [3.8, 4) is 0 Å². The van der Waals surface area contributed by atoms with Gasteiger partial charge in [0.05, 0.1) is 48.2 Å². The summed E-state index contributed by atoms with van der Waals surface area (Å²) in [6.45, 7) is 12.1. The molecule has 0 atom stereocenters. The molecule has 0 spiro atoms. The maximum absolute atomic E-state index is 12.4. The molecule has 0 bridgehead atoms. The molecule has 12 heterocycles. The summed E-state index contributed by atoms with van der Waals surface area (Å²) >= 11 is 0. The Bertz CT molecular complexity index is 6110. The van der Waals surface area contributed by atoms with Gasteiger partial charge in [-0.05, 0) is 167 Å². The van der Waals surface area contributed by atoms with E-state index in [9.17, 15) is 19.2 Å². The maximum Gasteiger partial charge on any atom is 0.328 e. The monoisotopic (exact) mass is 1580 g/mol. The van der Waals surface area contributed by atoms with Crippen molar-refractivity contribution >= 4 is 112 Å². The number of hydrogen-bond donors (Lipinski definition) is 8. The number of rotatable bonds is 25. The molecule has 0 amide bonds. The molecular weight excluding hydrogens is 1490 g/mol. The second-order valence-corrected chi connectivity index (χ2v) is 32.1. The molecule has 606 valence electrons. The molecule has 4 saturated carbocycles. The minimum atomic E-state index is -0.258. The predicted molar refractivity (Wildman–Crippen MR) is 447 cm³/mol. The molecule has 4 fully saturated rings. The summed E-state index contributed by atoms with van der Waals surface area (Å²) in [5.41, 5.74) is 37.9. The molecule has 0 saturated heterocycles. The number of nitrogens with two attached hydrogens (primary N) is 4. The van der Waals surface area contributed by atoms with Gasteiger partial charge in [0.1, 0.15) is 67.4 Å². The Kier molecular flexibility index (Phi) is 21.7. The summed E-state index contributed by atoms with van der Waals surface area (Å²) in [6, 6.07) is 24.1. The van der Waals surface area contributed by atoms with Crippen LogP contribution in [-0.4, -0.2) is 138 Å². The number of fused-ring (bicyclic) bond motifs is 8. The van der Waals surface area contributed by atoms with E-state index in [0.717, 1.165) is 142 Å². The van der Waals surface area contributed by atoms with Gasteiger partial charge in [0.15, 0.2) is 45.9 Å². The van der Waals surface area contributed by atoms with E-state index in [1.165, 1.54) is 109 Å². The average Bonchev–Trinajstić information content (AvgIpc) is 1.82. The molecule has 36 nitrogen and oxygen atoms in total. The number of nitrogen functional groups attached to an aromatic ring is 4. The van der Waals surface area contributed by atoms with E-state index in [0.29, 0.717) is 94.1 Å². The minimum absolute atomic E-state index is 0.258. The topological polar surface area (TPSA) is 481 Å². The fraction of sp³-hybridized carbons (Fsp3) is 0.457. The molecule has 0 aliphatic heterocycles. The van der Waals surface area contributed by atoms with Crippen molar-refractivity contribution in [2.75, 3.05) is 22.9 Å². The summed E-state index contributed by atoms with van der Waals surface area (Å²) in [5, 5.41) is 34.6. The normalized spacial score (nSPS) is 14.6. The first kappa shape index (κ1) is 76.7. The van der Waals surface area contributed by atoms with Gasteiger partial charge in [0.25, 0.3) is 0 Å². The first-order valence-electron chi connectivity index (χ1n) is 41.0. The summed E-state index contributed by atoms with van der Waals surface area (Å²) in [6.07, 6.45) is 27.6. The SMILES string of the molecule is Cc1nc(N)c2[nH]c(=O)n(Cc3ccc4c(c3)nnn4CCCC3CCC3)c2n1.Cc1nc(N)c2[nH]c(=O)n(Cc3ccc4c(c3)nnn4CCCC3CCC3)c2n1.Cc1nc(N)c2[nH]c(=O)n(Cc3ccc4c(c3)nnn4CCCC3CCC3)c2n1.Cc1nc(N)c2[nH]c(=O)n(Cc3ccc4c(c3)nnn4CCCCC3CCC3)c2n1. The number of nitrogens with zero attached hydrogens (tertiary/aromatic N) is 24. The molecule has 12 N–H and O–H groups in total. The van der Waals surface area contributed by atoms with Gasteiger partial charge in [-0.2, -0.15) is 0 Å². The number of unbranched alkanes of at least 4 members (excludes halogenated alkanes) is 1. The zero-order valence-corrected chi connectivity index (χ0v) is 66.4. The number of anilines is 4. The van der Waals surface area contributed by atoms with Crippen LogP contribution in [0.5, 0.6) is 0 Å². The highest BCUT2D eigenvalue weighted by Gasteiger charge is 2.24.